The smallest absolute Gasteiger partial charge is 0.228 e. The van der Waals surface area contributed by atoms with Crippen molar-refractivity contribution in [1.82, 2.24) is 14.9 Å². The normalized spacial score (nSPS) is 23.3. The molecule has 1 N–H and O–H groups in total. The molecule has 3 fully saturated rings. The lowest BCUT2D eigenvalue weighted by Crippen LogP contribution is -2.50. The lowest BCUT2D eigenvalue weighted by molar-refractivity contribution is -0.119. The summed E-state index contributed by atoms with van der Waals surface area (Å²) >= 11 is 0. The number of hydrogen-bond donors (Lipinski definition) is 1. The van der Waals surface area contributed by atoms with E-state index in [2.05, 4.69) is 25.1 Å². The van der Waals surface area contributed by atoms with E-state index >= 15 is 0 Å². The molecule has 6 heteroatoms. The van der Waals surface area contributed by atoms with Crippen molar-refractivity contribution in [2.24, 2.45) is 5.92 Å². The fourth-order valence-electron chi connectivity index (χ4n) is 4.59. The van der Waals surface area contributed by atoms with E-state index in [1.165, 1.54) is 38.5 Å². The first-order valence-electron chi connectivity index (χ1n) is 9.91. The number of anilines is 2. The van der Waals surface area contributed by atoms with Crippen molar-refractivity contribution < 1.29 is 4.79 Å². The van der Waals surface area contributed by atoms with E-state index in [0.29, 0.717) is 5.82 Å². The summed E-state index contributed by atoms with van der Waals surface area (Å²) in [6.45, 7) is 4.23. The van der Waals surface area contributed by atoms with Crippen LogP contribution in [0.2, 0.25) is 0 Å². The van der Waals surface area contributed by atoms with Gasteiger partial charge in [-0.2, -0.15) is 0 Å². The number of nitrogens with zero attached hydrogens (tertiary/aromatic N) is 4. The Morgan fingerprint density at radius 3 is 2.36 bits per heavy atom. The van der Waals surface area contributed by atoms with Crippen LogP contribution in [-0.2, 0) is 4.79 Å². The highest BCUT2D eigenvalue weighted by molar-refractivity contribution is 5.92. The fourth-order valence-corrected chi connectivity index (χ4v) is 4.59. The fraction of sp³-hybridized carbons (Fsp3) is 0.737. The lowest BCUT2D eigenvalue weighted by atomic mass is 10.1. The molecule has 0 radical (unpaired) electrons. The van der Waals surface area contributed by atoms with Crippen molar-refractivity contribution in [3.05, 3.63) is 12.4 Å². The summed E-state index contributed by atoms with van der Waals surface area (Å²) in [5, 5.41) is 2.99. The Hall–Kier alpha value is -1.69. The van der Waals surface area contributed by atoms with E-state index in [0.717, 1.165) is 50.9 Å². The van der Waals surface area contributed by atoms with E-state index in [-0.39, 0.29) is 11.8 Å². The van der Waals surface area contributed by atoms with E-state index in [4.69, 9.17) is 0 Å². The molecule has 0 spiro atoms. The zero-order valence-corrected chi connectivity index (χ0v) is 15.0. The summed E-state index contributed by atoms with van der Waals surface area (Å²) in [5.74, 6) is 1.85. The molecule has 3 aliphatic rings. The van der Waals surface area contributed by atoms with Crippen LogP contribution in [0.15, 0.2) is 12.4 Å². The third-order valence-electron chi connectivity index (χ3n) is 6.11. The summed E-state index contributed by atoms with van der Waals surface area (Å²) < 4.78 is 0. The molecule has 0 aromatic carbocycles. The summed E-state index contributed by atoms with van der Waals surface area (Å²) in [4.78, 5) is 25.9. The lowest BCUT2D eigenvalue weighted by Gasteiger charge is -2.38. The van der Waals surface area contributed by atoms with Crippen molar-refractivity contribution >= 4 is 17.5 Å². The molecule has 2 aliphatic carbocycles. The van der Waals surface area contributed by atoms with Gasteiger partial charge >= 0.3 is 0 Å². The molecule has 1 aromatic heterocycles. The van der Waals surface area contributed by atoms with E-state index in [9.17, 15) is 4.79 Å². The van der Waals surface area contributed by atoms with Crippen molar-refractivity contribution in [3.63, 3.8) is 0 Å². The zero-order chi connectivity index (χ0) is 17.1. The van der Waals surface area contributed by atoms with Gasteiger partial charge in [0.05, 0.1) is 0 Å². The maximum Gasteiger partial charge on any atom is 0.228 e. The molecule has 2 heterocycles. The van der Waals surface area contributed by atoms with Gasteiger partial charge in [-0.1, -0.05) is 25.7 Å². The topological polar surface area (TPSA) is 61.4 Å². The molecule has 25 heavy (non-hydrogen) atoms. The standard InChI is InChI=1S/C19H29N5O/c25-19(15-5-1-2-6-15)22-17-13-18(21-14-20-17)24-11-9-23(10-12-24)16-7-3-4-8-16/h13-16H,1-12H2,(H,20,21,22,25). The molecular formula is C19H29N5O. The number of piperazine rings is 1. The van der Waals surface area contributed by atoms with Crippen LogP contribution in [0.4, 0.5) is 11.6 Å². The maximum absolute atomic E-state index is 12.3. The highest BCUT2D eigenvalue weighted by atomic mass is 16.1. The Labute approximate surface area is 150 Å². The van der Waals surface area contributed by atoms with Crippen LogP contribution >= 0.6 is 0 Å². The van der Waals surface area contributed by atoms with Crippen LogP contribution in [0.3, 0.4) is 0 Å². The molecule has 136 valence electrons. The highest BCUT2D eigenvalue weighted by Gasteiger charge is 2.27. The number of carbonyl (C=O) groups excluding carboxylic acids is 1. The first-order valence-corrected chi connectivity index (χ1v) is 9.91. The molecule has 0 atom stereocenters. The van der Waals surface area contributed by atoms with Gasteiger partial charge in [0, 0.05) is 44.2 Å². The van der Waals surface area contributed by atoms with Crippen molar-refractivity contribution in [2.45, 2.75) is 57.4 Å². The first-order chi connectivity index (χ1) is 12.3. The minimum absolute atomic E-state index is 0.119. The monoisotopic (exact) mass is 343 g/mol. The van der Waals surface area contributed by atoms with Crippen LogP contribution in [0, 0.1) is 5.92 Å². The van der Waals surface area contributed by atoms with Gasteiger partial charge in [0.15, 0.2) is 0 Å². The molecule has 0 unspecified atom stereocenters. The zero-order valence-electron chi connectivity index (χ0n) is 15.0. The summed E-state index contributed by atoms with van der Waals surface area (Å²) in [7, 11) is 0. The number of amides is 1. The van der Waals surface area contributed by atoms with Gasteiger partial charge in [-0.25, -0.2) is 9.97 Å². The van der Waals surface area contributed by atoms with Gasteiger partial charge in [-0.15, -0.1) is 0 Å². The Morgan fingerprint density at radius 1 is 0.960 bits per heavy atom. The van der Waals surface area contributed by atoms with Crippen LogP contribution < -0.4 is 10.2 Å². The Kier molecular flexibility index (Phi) is 5.15. The molecule has 0 bridgehead atoms. The third-order valence-corrected chi connectivity index (χ3v) is 6.11. The van der Waals surface area contributed by atoms with Crippen LogP contribution in [0.1, 0.15) is 51.4 Å². The Bertz CT molecular complexity index is 587. The predicted octanol–water partition coefficient (Wildman–Crippen LogP) is 2.67. The second-order valence-electron chi connectivity index (χ2n) is 7.69. The second kappa shape index (κ2) is 7.68. The Morgan fingerprint density at radius 2 is 1.64 bits per heavy atom. The highest BCUT2D eigenvalue weighted by Crippen LogP contribution is 2.27. The minimum atomic E-state index is 0.119. The third kappa shape index (κ3) is 3.94. The number of hydrogen-bond acceptors (Lipinski definition) is 5. The second-order valence-corrected chi connectivity index (χ2v) is 7.69. The average molecular weight is 343 g/mol. The maximum atomic E-state index is 12.3. The van der Waals surface area contributed by atoms with Crippen molar-refractivity contribution in [1.29, 1.82) is 0 Å². The predicted molar refractivity (Wildman–Crippen MR) is 98.7 cm³/mol. The Balaban J connectivity index is 1.34. The number of carbonyl (C=O) groups is 1. The molecule has 2 saturated carbocycles. The average Bonchev–Trinajstić information content (AvgIpc) is 3.36. The SMILES string of the molecule is O=C(Nc1cc(N2CCN(C3CCCC3)CC2)ncn1)C1CCCC1. The molecule has 4 rings (SSSR count). The van der Waals surface area contributed by atoms with Gasteiger partial charge in [0.1, 0.15) is 18.0 Å². The quantitative estimate of drug-likeness (QED) is 0.911. The molecular weight excluding hydrogens is 314 g/mol. The molecule has 1 aliphatic heterocycles. The minimum Gasteiger partial charge on any atom is -0.354 e. The van der Waals surface area contributed by atoms with Crippen molar-refractivity contribution in [3.8, 4) is 0 Å². The largest absolute Gasteiger partial charge is 0.354 e. The molecule has 1 saturated heterocycles. The number of nitrogens with one attached hydrogen (secondary N) is 1. The summed E-state index contributed by atoms with van der Waals surface area (Å²) in [6, 6.07) is 2.73. The van der Waals surface area contributed by atoms with Gasteiger partial charge in [-0.3, -0.25) is 9.69 Å². The molecule has 6 nitrogen and oxygen atoms in total. The van der Waals surface area contributed by atoms with Gasteiger partial charge in [-0.05, 0) is 25.7 Å². The number of aromatic nitrogens is 2. The first kappa shape index (κ1) is 16.8. The van der Waals surface area contributed by atoms with Gasteiger partial charge < -0.3 is 10.2 Å². The van der Waals surface area contributed by atoms with E-state index < -0.39 is 0 Å². The number of rotatable bonds is 4. The van der Waals surface area contributed by atoms with E-state index in [1.54, 1.807) is 6.33 Å². The summed E-state index contributed by atoms with van der Waals surface area (Å²) in [5.41, 5.74) is 0. The van der Waals surface area contributed by atoms with E-state index in [1.807, 2.05) is 6.07 Å². The van der Waals surface area contributed by atoms with Crippen LogP contribution in [-0.4, -0.2) is 53.0 Å². The molecule has 1 aromatic rings. The van der Waals surface area contributed by atoms with Gasteiger partial charge in [0.2, 0.25) is 5.91 Å². The van der Waals surface area contributed by atoms with Gasteiger partial charge in [0.25, 0.3) is 0 Å². The van der Waals surface area contributed by atoms with Crippen LogP contribution in [0.25, 0.3) is 0 Å². The van der Waals surface area contributed by atoms with Crippen molar-refractivity contribution in [2.75, 3.05) is 36.4 Å². The van der Waals surface area contributed by atoms with Crippen LogP contribution in [0.5, 0.6) is 0 Å². The molecule has 1 amide bonds. The summed E-state index contributed by atoms with van der Waals surface area (Å²) in [6.07, 6.45) is 11.4.